The molecule has 0 amide bonds. The van der Waals surface area contributed by atoms with E-state index in [1.165, 1.54) is 0 Å². The van der Waals surface area contributed by atoms with Crippen LogP contribution in [-0.4, -0.2) is 30.6 Å². The first-order valence-corrected chi connectivity index (χ1v) is 4.31. The topological polar surface area (TPSA) is 86.0 Å². The SMILES string of the molecule is C.c1cn[nH]c1.c1cn[nH]c1.c1cn[nH]c1. The van der Waals surface area contributed by atoms with E-state index in [-0.39, 0.29) is 7.43 Å². The van der Waals surface area contributed by atoms with E-state index in [2.05, 4.69) is 30.6 Å². The molecule has 3 rings (SSSR count). The van der Waals surface area contributed by atoms with Gasteiger partial charge in [0.1, 0.15) is 0 Å². The molecule has 3 aromatic heterocycles. The summed E-state index contributed by atoms with van der Waals surface area (Å²) in [5.41, 5.74) is 0. The molecule has 6 heteroatoms. The average molecular weight is 220 g/mol. The molecule has 3 heterocycles. The lowest BCUT2D eigenvalue weighted by Gasteiger charge is -1.49. The van der Waals surface area contributed by atoms with Crippen molar-refractivity contribution in [2.75, 3.05) is 0 Å². The molecule has 6 nitrogen and oxygen atoms in total. The van der Waals surface area contributed by atoms with Crippen molar-refractivity contribution in [3.05, 3.63) is 55.4 Å². The van der Waals surface area contributed by atoms with Crippen molar-refractivity contribution in [3.63, 3.8) is 0 Å². The van der Waals surface area contributed by atoms with E-state index in [4.69, 9.17) is 0 Å². The fraction of sp³-hybridized carbons (Fsp3) is 0.100. The Bertz CT molecular complexity index is 247. The van der Waals surface area contributed by atoms with Crippen molar-refractivity contribution < 1.29 is 0 Å². The van der Waals surface area contributed by atoms with E-state index in [1.54, 1.807) is 37.2 Å². The minimum absolute atomic E-state index is 0. The van der Waals surface area contributed by atoms with Crippen molar-refractivity contribution in [2.24, 2.45) is 0 Å². The number of aromatic amines is 3. The van der Waals surface area contributed by atoms with Crippen molar-refractivity contribution in [2.45, 2.75) is 7.43 Å². The molecule has 86 valence electrons. The third-order valence-electron chi connectivity index (χ3n) is 1.22. The van der Waals surface area contributed by atoms with E-state index in [0.717, 1.165) is 0 Å². The number of rotatable bonds is 0. The minimum Gasteiger partial charge on any atom is -0.286 e. The molecular weight excluding hydrogens is 204 g/mol. The third kappa shape index (κ3) is 8.24. The van der Waals surface area contributed by atoms with Gasteiger partial charge in [-0.25, -0.2) is 0 Å². The zero-order valence-corrected chi connectivity index (χ0v) is 8.04. The van der Waals surface area contributed by atoms with Crippen LogP contribution in [0.2, 0.25) is 0 Å². The second kappa shape index (κ2) is 10.7. The van der Waals surface area contributed by atoms with Crippen molar-refractivity contribution in [1.82, 2.24) is 30.6 Å². The maximum absolute atomic E-state index is 3.60. The van der Waals surface area contributed by atoms with Gasteiger partial charge in [-0.15, -0.1) is 0 Å². The molecule has 0 saturated heterocycles. The third-order valence-corrected chi connectivity index (χ3v) is 1.22. The highest BCUT2D eigenvalue weighted by Gasteiger charge is 1.57. The van der Waals surface area contributed by atoms with Gasteiger partial charge >= 0.3 is 0 Å². The Morgan fingerprint density at radius 2 is 0.875 bits per heavy atom. The summed E-state index contributed by atoms with van der Waals surface area (Å²) in [7, 11) is 0. The number of nitrogens with zero attached hydrogens (tertiary/aromatic N) is 3. The Morgan fingerprint density at radius 1 is 0.562 bits per heavy atom. The predicted octanol–water partition coefficient (Wildman–Crippen LogP) is 1.87. The summed E-state index contributed by atoms with van der Waals surface area (Å²) < 4.78 is 0. The van der Waals surface area contributed by atoms with Crippen LogP contribution >= 0.6 is 0 Å². The Morgan fingerprint density at radius 3 is 0.938 bits per heavy atom. The largest absolute Gasteiger partial charge is 0.286 e. The van der Waals surface area contributed by atoms with Gasteiger partial charge in [0.05, 0.1) is 0 Å². The van der Waals surface area contributed by atoms with Crippen LogP contribution in [0.5, 0.6) is 0 Å². The Balaban J connectivity index is 0.000000205. The van der Waals surface area contributed by atoms with Crippen LogP contribution in [0.4, 0.5) is 0 Å². The summed E-state index contributed by atoms with van der Waals surface area (Å²) in [5.74, 6) is 0. The summed E-state index contributed by atoms with van der Waals surface area (Å²) in [5, 5.41) is 18.6. The van der Waals surface area contributed by atoms with E-state index in [0.29, 0.717) is 0 Å². The maximum atomic E-state index is 3.60. The first-order chi connectivity index (χ1) is 7.50. The van der Waals surface area contributed by atoms with Crippen molar-refractivity contribution in [3.8, 4) is 0 Å². The molecule has 0 atom stereocenters. The van der Waals surface area contributed by atoms with Crippen molar-refractivity contribution in [1.29, 1.82) is 0 Å². The lowest BCUT2D eigenvalue weighted by Crippen LogP contribution is -1.53. The Labute approximate surface area is 94.1 Å². The second-order valence-corrected chi connectivity index (χ2v) is 2.30. The van der Waals surface area contributed by atoms with Crippen LogP contribution in [0, 0.1) is 0 Å². The Kier molecular flexibility index (Phi) is 9.12. The highest BCUT2D eigenvalue weighted by Crippen LogP contribution is 1.65. The van der Waals surface area contributed by atoms with Gasteiger partial charge in [-0.3, -0.25) is 15.3 Å². The quantitative estimate of drug-likeness (QED) is 0.540. The zero-order valence-electron chi connectivity index (χ0n) is 8.04. The number of hydrogen-bond acceptors (Lipinski definition) is 3. The van der Waals surface area contributed by atoms with Gasteiger partial charge in [0.15, 0.2) is 0 Å². The standard InChI is InChI=1S/3C3H4N2.CH4/c3*1-2-4-5-3-1;/h3*1-3H,(H,4,5);1H4. The molecule has 0 radical (unpaired) electrons. The second-order valence-electron chi connectivity index (χ2n) is 2.30. The number of nitrogens with one attached hydrogen (secondary N) is 3. The van der Waals surface area contributed by atoms with Crippen LogP contribution < -0.4 is 0 Å². The zero-order chi connectivity index (χ0) is 10.6. The summed E-state index contributed by atoms with van der Waals surface area (Å²) in [4.78, 5) is 0. The molecule has 0 saturated carbocycles. The first kappa shape index (κ1) is 13.6. The lowest BCUT2D eigenvalue weighted by molar-refractivity contribution is 1.09. The van der Waals surface area contributed by atoms with Gasteiger partial charge in [-0.2, -0.15) is 15.3 Å². The van der Waals surface area contributed by atoms with Gasteiger partial charge in [-0.05, 0) is 18.2 Å². The molecule has 3 aromatic rings. The van der Waals surface area contributed by atoms with Crippen LogP contribution in [-0.2, 0) is 0 Å². The fourth-order valence-corrected chi connectivity index (χ4v) is 0.645. The number of aromatic nitrogens is 6. The smallest absolute Gasteiger partial charge is 0.0487 e. The normalized spacial score (nSPS) is 7.50. The van der Waals surface area contributed by atoms with E-state index in [1.807, 2.05) is 18.2 Å². The minimum atomic E-state index is 0. The molecule has 0 aliphatic heterocycles. The van der Waals surface area contributed by atoms with Crippen LogP contribution in [0.25, 0.3) is 0 Å². The molecular formula is C10H16N6. The molecule has 0 unspecified atom stereocenters. The van der Waals surface area contributed by atoms with E-state index < -0.39 is 0 Å². The summed E-state index contributed by atoms with van der Waals surface area (Å²) >= 11 is 0. The predicted molar refractivity (Wildman–Crippen MR) is 62.5 cm³/mol. The fourth-order valence-electron chi connectivity index (χ4n) is 0.645. The summed E-state index contributed by atoms with van der Waals surface area (Å²) in [6.45, 7) is 0. The molecule has 0 bridgehead atoms. The summed E-state index contributed by atoms with van der Waals surface area (Å²) in [6, 6.07) is 5.50. The number of H-pyrrole nitrogens is 3. The van der Waals surface area contributed by atoms with Crippen LogP contribution in [0.3, 0.4) is 0 Å². The highest BCUT2D eigenvalue weighted by molar-refractivity contribution is 4.73. The lowest BCUT2D eigenvalue weighted by atomic mass is 10.8. The van der Waals surface area contributed by atoms with Gasteiger partial charge in [0.25, 0.3) is 0 Å². The molecule has 0 spiro atoms. The summed E-state index contributed by atoms with van der Waals surface area (Å²) in [6.07, 6.45) is 10.4. The van der Waals surface area contributed by atoms with Crippen molar-refractivity contribution >= 4 is 0 Å². The monoisotopic (exact) mass is 220 g/mol. The van der Waals surface area contributed by atoms with E-state index >= 15 is 0 Å². The van der Waals surface area contributed by atoms with Crippen LogP contribution in [0.15, 0.2) is 55.4 Å². The van der Waals surface area contributed by atoms with Gasteiger partial charge < -0.3 is 0 Å². The number of hydrogen-bond donors (Lipinski definition) is 3. The maximum Gasteiger partial charge on any atom is 0.0487 e. The van der Waals surface area contributed by atoms with Gasteiger partial charge in [0, 0.05) is 37.2 Å². The molecule has 0 aliphatic rings. The molecule has 0 aliphatic carbocycles. The average Bonchev–Trinajstić information content (AvgIpc) is 3.09. The molecule has 0 aromatic carbocycles. The van der Waals surface area contributed by atoms with E-state index in [9.17, 15) is 0 Å². The van der Waals surface area contributed by atoms with Gasteiger partial charge in [0.2, 0.25) is 0 Å². The highest BCUT2D eigenvalue weighted by atomic mass is 15.1. The molecule has 16 heavy (non-hydrogen) atoms. The molecule has 0 fully saturated rings. The Hall–Kier alpha value is -2.37. The molecule has 3 N–H and O–H groups in total. The van der Waals surface area contributed by atoms with Crippen LogP contribution in [0.1, 0.15) is 7.43 Å². The first-order valence-electron chi connectivity index (χ1n) is 4.31. The van der Waals surface area contributed by atoms with Gasteiger partial charge in [-0.1, -0.05) is 7.43 Å².